The van der Waals surface area contributed by atoms with Gasteiger partial charge in [0.05, 0.1) is 0 Å². The Kier molecular flexibility index (Phi) is 3.44. The van der Waals surface area contributed by atoms with Crippen LogP contribution < -0.4 is 10.6 Å². The van der Waals surface area contributed by atoms with E-state index in [-0.39, 0.29) is 22.8 Å². The van der Waals surface area contributed by atoms with Crippen molar-refractivity contribution >= 4 is 29.1 Å². The van der Waals surface area contributed by atoms with Crippen molar-refractivity contribution in [2.75, 3.05) is 0 Å². The minimum absolute atomic E-state index is 0.0412. The summed E-state index contributed by atoms with van der Waals surface area (Å²) >= 11 is 4.77. The molecule has 0 spiro atoms. The van der Waals surface area contributed by atoms with Gasteiger partial charge in [-0.05, 0) is 24.6 Å². The van der Waals surface area contributed by atoms with Gasteiger partial charge in [-0.25, -0.2) is 0 Å². The molecule has 1 heterocycles. The third kappa shape index (κ3) is 1.88. The first-order valence-electron chi connectivity index (χ1n) is 5.12. The van der Waals surface area contributed by atoms with Gasteiger partial charge in [-0.1, -0.05) is 27.2 Å². The zero-order valence-electron chi connectivity index (χ0n) is 9.22. The SMILES string of the molecule is CCCC1(C(C)C)C(=O)NC(=S)NC1=O. The number of hydrogen-bond acceptors (Lipinski definition) is 3. The Morgan fingerprint density at radius 3 is 2.07 bits per heavy atom. The molecule has 0 saturated carbocycles. The van der Waals surface area contributed by atoms with Crippen molar-refractivity contribution in [1.29, 1.82) is 0 Å². The first-order chi connectivity index (χ1) is 6.95. The molecule has 0 unspecified atom stereocenters. The molecule has 4 nitrogen and oxygen atoms in total. The predicted octanol–water partition coefficient (Wildman–Crippen LogP) is 0.960. The molecule has 1 rings (SSSR count). The Bertz CT molecular complexity index is 293. The second kappa shape index (κ2) is 4.26. The minimum atomic E-state index is -0.961. The lowest BCUT2D eigenvalue weighted by Gasteiger charge is -2.37. The van der Waals surface area contributed by atoms with Crippen LogP contribution in [0.1, 0.15) is 33.6 Å². The van der Waals surface area contributed by atoms with E-state index in [1.54, 1.807) is 0 Å². The Hall–Kier alpha value is -0.970. The van der Waals surface area contributed by atoms with E-state index < -0.39 is 5.41 Å². The lowest BCUT2D eigenvalue weighted by molar-refractivity contribution is -0.147. The fourth-order valence-corrected chi connectivity index (χ4v) is 2.18. The van der Waals surface area contributed by atoms with E-state index in [9.17, 15) is 9.59 Å². The van der Waals surface area contributed by atoms with Crippen LogP contribution in [-0.2, 0) is 9.59 Å². The molecule has 1 fully saturated rings. The molecule has 0 aromatic heterocycles. The maximum Gasteiger partial charge on any atom is 0.242 e. The molecule has 1 saturated heterocycles. The van der Waals surface area contributed by atoms with Gasteiger partial charge in [-0.15, -0.1) is 0 Å². The Morgan fingerprint density at radius 2 is 1.73 bits per heavy atom. The highest BCUT2D eigenvalue weighted by Crippen LogP contribution is 2.35. The van der Waals surface area contributed by atoms with E-state index in [1.807, 2.05) is 20.8 Å². The molecule has 2 N–H and O–H groups in total. The Labute approximate surface area is 94.8 Å². The summed E-state index contributed by atoms with van der Waals surface area (Å²) in [5, 5.41) is 5.16. The number of carbonyl (C=O) groups is 2. The van der Waals surface area contributed by atoms with Crippen LogP contribution in [0.4, 0.5) is 0 Å². The predicted molar refractivity (Wildman–Crippen MR) is 61.1 cm³/mol. The summed E-state index contributed by atoms with van der Waals surface area (Å²) < 4.78 is 0. The number of carbonyl (C=O) groups excluding carboxylic acids is 2. The highest BCUT2D eigenvalue weighted by molar-refractivity contribution is 7.80. The van der Waals surface area contributed by atoms with E-state index in [0.29, 0.717) is 6.42 Å². The molecule has 84 valence electrons. The Balaban J connectivity index is 3.09. The second-order valence-electron chi connectivity index (χ2n) is 4.11. The highest BCUT2D eigenvalue weighted by atomic mass is 32.1. The van der Waals surface area contributed by atoms with Crippen molar-refractivity contribution in [3.63, 3.8) is 0 Å². The monoisotopic (exact) mass is 228 g/mol. The highest BCUT2D eigenvalue weighted by Gasteiger charge is 2.50. The van der Waals surface area contributed by atoms with Gasteiger partial charge in [0.15, 0.2) is 5.11 Å². The second-order valence-corrected chi connectivity index (χ2v) is 4.52. The summed E-state index contributed by atoms with van der Waals surface area (Å²) in [6.45, 7) is 5.71. The molecule has 5 heteroatoms. The third-order valence-electron chi connectivity index (χ3n) is 2.89. The number of thiocarbonyl (C=S) groups is 1. The maximum absolute atomic E-state index is 11.9. The summed E-state index contributed by atoms with van der Waals surface area (Å²) in [6.07, 6.45) is 1.33. The molecular formula is C10H16N2O2S. The van der Waals surface area contributed by atoms with Crippen LogP contribution >= 0.6 is 12.2 Å². The number of hydrogen-bond donors (Lipinski definition) is 2. The standard InChI is InChI=1S/C10H16N2O2S/c1-4-5-10(6(2)3)7(13)11-9(15)12-8(10)14/h6H,4-5H2,1-3H3,(H2,11,12,13,14,15). The van der Waals surface area contributed by atoms with Crippen molar-refractivity contribution < 1.29 is 9.59 Å². The van der Waals surface area contributed by atoms with Crippen LogP contribution in [0.2, 0.25) is 0 Å². The van der Waals surface area contributed by atoms with Crippen LogP contribution in [0.25, 0.3) is 0 Å². The first-order valence-corrected chi connectivity index (χ1v) is 5.52. The molecule has 0 radical (unpaired) electrons. The van der Waals surface area contributed by atoms with Gasteiger partial charge in [-0.3, -0.25) is 9.59 Å². The molecule has 0 aromatic carbocycles. The lowest BCUT2D eigenvalue weighted by Crippen LogP contribution is -2.64. The largest absolute Gasteiger partial charge is 0.302 e. The molecule has 2 amide bonds. The van der Waals surface area contributed by atoms with Crippen LogP contribution in [0.15, 0.2) is 0 Å². The van der Waals surface area contributed by atoms with E-state index >= 15 is 0 Å². The number of rotatable bonds is 3. The van der Waals surface area contributed by atoms with E-state index in [0.717, 1.165) is 6.42 Å². The van der Waals surface area contributed by atoms with Crippen LogP contribution in [-0.4, -0.2) is 16.9 Å². The number of amides is 2. The molecule has 15 heavy (non-hydrogen) atoms. The molecule has 0 atom stereocenters. The summed E-state index contributed by atoms with van der Waals surface area (Å²) in [5.74, 6) is -0.582. The van der Waals surface area contributed by atoms with Gasteiger partial charge < -0.3 is 10.6 Å². The van der Waals surface area contributed by atoms with Gasteiger partial charge >= 0.3 is 0 Å². The van der Waals surface area contributed by atoms with Crippen molar-refractivity contribution in [2.24, 2.45) is 11.3 Å². The van der Waals surface area contributed by atoms with Crippen molar-refractivity contribution in [1.82, 2.24) is 10.6 Å². The summed E-state index contributed by atoms with van der Waals surface area (Å²) in [6, 6.07) is 0. The average molecular weight is 228 g/mol. The molecule has 1 aliphatic heterocycles. The van der Waals surface area contributed by atoms with Crippen molar-refractivity contribution in [2.45, 2.75) is 33.6 Å². The smallest absolute Gasteiger partial charge is 0.242 e. The van der Waals surface area contributed by atoms with Gasteiger partial charge in [0.25, 0.3) is 0 Å². The van der Waals surface area contributed by atoms with E-state index in [4.69, 9.17) is 12.2 Å². The van der Waals surface area contributed by atoms with Gasteiger partial charge in [0.1, 0.15) is 5.41 Å². The fraction of sp³-hybridized carbons (Fsp3) is 0.700. The van der Waals surface area contributed by atoms with Crippen LogP contribution in [0.3, 0.4) is 0 Å². The maximum atomic E-state index is 11.9. The van der Waals surface area contributed by atoms with Gasteiger partial charge in [-0.2, -0.15) is 0 Å². The molecular weight excluding hydrogens is 212 g/mol. The van der Waals surface area contributed by atoms with E-state index in [2.05, 4.69) is 10.6 Å². The quantitative estimate of drug-likeness (QED) is 0.559. The molecule has 0 aliphatic carbocycles. The van der Waals surface area contributed by atoms with Crippen LogP contribution in [0, 0.1) is 11.3 Å². The van der Waals surface area contributed by atoms with Gasteiger partial charge in [0.2, 0.25) is 11.8 Å². The molecule has 0 bridgehead atoms. The molecule has 0 aromatic rings. The topological polar surface area (TPSA) is 58.2 Å². The normalized spacial score (nSPS) is 20.1. The summed E-state index contributed by atoms with van der Waals surface area (Å²) in [7, 11) is 0. The first kappa shape index (κ1) is 12.1. The van der Waals surface area contributed by atoms with Gasteiger partial charge in [0, 0.05) is 0 Å². The van der Waals surface area contributed by atoms with Crippen LogP contribution in [0.5, 0.6) is 0 Å². The average Bonchev–Trinajstić information content (AvgIpc) is 2.10. The zero-order chi connectivity index (χ0) is 11.6. The summed E-state index contributed by atoms with van der Waals surface area (Å²) in [5.41, 5.74) is -0.961. The molecule has 1 aliphatic rings. The van der Waals surface area contributed by atoms with Crippen molar-refractivity contribution in [3.05, 3.63) is 0 Å². The third-order valence-corrected chi connectivity index (χ3v) is 3.10. The lowest BCUT2D eigenvalue weighted by atomic mass is 9.71. The minimum Gasteiger partial charge on any atom is -0.302 e. The zero-order valence-corrected chi connectivity index (χ0v) is 10.0. The van der Waals surface area contributed by atoms with E-state index in [1.165, 1.54) is 0 Å². The van der Waals surface area contributed by atoms with Crippen molar-refractivity contribution in [3.8, 4) is 0 Å². The fourth-order valence-electron chi connectivity index (χ4n) is 2.00. The Morgan fingerprint density at radius 1 is 1.27 bits per heavy atom. The number of nitrogens with one attached hydrogen (secondary N) is 2. The summed E-state index contributed by atoms with van der Waals surface area (Å²) in [4.78, 5) is 23.8.